The largest absolute Gasteiger partial charge is 0.462 e. The van der Waals surface area contributed by atoms with Crippen molar-refractivity contribution < 1.29 is 14.0 Å². The number of aryl methyl sites for hydroxylation is 2. The Bertz CT molecular complexity index is 958. The van der Waals surface area contributed by atoms with Crippen LogP contribution in [-0.4, -0.2) is 16.8 Å². The Labute approximate surface area is 154 Å². The number of hydrazine groups is 1. The fourth-order valence-corrected chi connectivity index (χ4v) is 3.20. The molecule has 0 spiro atoms. The van der Waals surface area contributed by atoms with E-state index in [-0.39, 0.29) is 0 Å². The number of nitrogens with zero attached hydrogens (tertiary/aromatic N) is 1. The van der Waals surface area contributed by atoms with Crippen LogP contribution in [0.15, 0.2) is 53.0 Å². The van der Waals surface area contributed by atoms with Crippen LogP contribution in [0.4, 0.5) is 0 Å². The van der Waals surface area contributed by atoms with Gasteiger partial charge in [0, 0.05) is 11.6 Å². The van der Waals surface area contributed by atoms with Crippen molar-refractivity contribution in [2.75, 3.05) is 0 Å². The summed E-state index contributed by atoms with van der Waals surface area (Å²) in [5.41, 5.74) is 6.30. The molecule has 1 aromatic carbocycles. The lowest BCUT2D eigenvalue weighted by Gasteiger charge is -2.03. The Kier molecular flexibility index (Phi) is 5.28. The Morgan fingerprint density at radius 2 is 1.85 bits per heavy atom. The highest BCUT2D eigenvalue weighted by molar-refractivity contribution is 7.17. The molecule has 0 aliphatic heterocycles. The maximum Gasteiger partial charge on any atom is 0.281 e. The standard InChI is InChI=1S/C19H17N3O3S/c1-12-8-9-15(25-12)10-11-16(23)21-22-18(24)17-13(2)20-19(26-17)14-6-4-3-5-7-14/h3-11H,1-2H3,(H,21,23)(H,22,24)/b11-10+. The highest BCUT2D eigenvalue weighted by Gasteiger charge is 2.16. The first-order valence-electron chi connectivity index (χ1n) is 7.90. The van der Waals surface area contributed by atoms with E-state index in [1.807, 2.05) is 37.3 Å². The van der Waals surface area contributed by atoms with Gasteiger partial charge in [0.1, 0.15) is 21.4 Å². The number of hydrogen-bond acceptors (Lipinski definition) is 5. The number of amides is 2. The molecule has 2 N–H and O–H groups in total. The number of thiazole rings is 1. The van der Waals surface area contributed by atoms with Gasteiger partial charge >= 0.3 is 0 Å². The number of furan rings is 1. The first-order valence-corrected chi connectivity index (χ1v) is 8.72. The van der Waals surface area contributed by atoms with E-state index in [1.165, 1.54) is 23.5 Å². The van der Waals surface area contributed by atoms with E-state index in [4.69, 9.17) is 4.42 Å². The summed E-state index contributed by atoms with van der Waals surface area (Å²) in [6.07, 6.45) is 2.81. The van der Waals surface area contributed by atoms with Crippen LogP contribution in [-0.2, 0) is 4.79 Å². The summed E-state index contributed by atoms with van der Waals surface area (Å²) in [5, 5.41) is 0.757. The van der Waals surface area contributed by atoms with Gasteiger partial charge in [-0.15, -0.1) is 11.3 Å². The van der Waals surface area contributed by atoms with Crippen LogP contribution >= 0.6 is 11.3 Å². The molecule has 132 valence electrons. The van der Waals surface area contributed by atoms with Crippen LogP contribution in [0, 0.1) is 13.8 Å². The van der Waals surface area contributed by atoms with Gasteiger partial charge < -0.3 is 4.42 Å². The molecule has 2 aromatic heterocycles. The van der Waals surface area contributed by atoms with Crippen molar-refractivity contribution in [2.24, 2.45) is 0 Å². The molecule has 0 radical (unpaired) electrons. The quantitative estimate of drug-likeness (QED) is 0.546. The summed E-state index contributed by atoms with van der Waals surface area (Å²) >= 11 is 1.28. The zero-order valence-electron chi connectivity index (χ0n) is 14.3. The minimum atomic E-state index is -0.460. The van der Waals surface area contributed by atoms with Crippen molar-refractivity contribution in [3.05, 3.63) is 70.6 Å². The third-order valence-corrected chi connectivity index (χ3v) is 4.69. The molecular formula is C19H17N3O3S. The second-order valence-electron chi connectivity index (χ2n) is 5.52. The molecule has 0 saturated heterocycles. The van der Waals surface area contributed by atoms with E-state index in [1.54, 1.807) is 19.1 Å². The molecule has 0 unspecified atom stereocenters. The van der Waals surface area contributed by atoms with Gasteiger partial charge in [0.15, 0.2) is 0 Å². The van der Waals surface area contributed by atoms with Crippen molar-refractivity contribution in [1.29, 1.82) is 0 Å². The average molecular weight is 367 g/mol. The van der Waals surface area contributed by atoms with Crippen LogP contribution in [0.5, 0.6) is 0 Å². The first kappa shape index (κ1) is 17.6. The van der Waals surface area contributed by atoms with Gasteiger partial charge in [-0.2, -0.15) is 0 Å². The van der Waals surface area contributed by atoms with Crippen molar-refractivity contribution in [1.82, 2.24) is 15.8 Å². The molecule has 0 aliphatic carbocycles. The van der Waals surface area contributed by atoms with Crippen molar-refractivity contribution in [3.8, 4) is 10.6 Å². The average Bonchev–Trinajstić information content (AvgIpc) is 3.24. The number of aromatic nitrogens is 1. The van der Waals surface area contributed by atoms with Gasteiger partial charge in [-0.3, -0.25) is 20.4 Å². The molecule has 6 nitrogen and oxygen atoms in total. The van der Waals surface area contributed by atoms with Gasteiger partial charge in [0.2, 0.25) is 0 Å². The number of nitrogens with one attached hydrogen (secondary N) is 2. The van der Waals surface area contributed by atoms with E-state index in [9.17, 15) is 9.59 Å². The van der Waals surface area contributed by atoms with E-state index in [2.05, 4.69) is 15.8 Å². The fraction of sp³-hybridized carbons (Fsp3) is 0.105. The van der Waals surface area contributed by atoms with Crippen LogP contribution in [0.2, 0.25) is 0 Å². The molecule has 0 saturated carbocycles. The lowest BCUT2D eigenvalue weighted by molar-refractivity contribution is -0.117. The lowest BCUT2D eigenvalue weighted by atomic mass is 10.2. The van der Waals surface area contributed by atoms with E-state index in [0.29, 0.717) is 16.3 Å². The first-order chi connectivity index (χ1) is 12.5. The SMILES string of the molecule is Cc1ccc(/C=C/C(=O)NNC(=O)c2sc(-c3ccccc3)nc2C)o1. The monoisotopic (exact) mass is 367 g/mol. The second-order valence-corrected chi connectivity index (χ2v) is 6.52. The van der Waals surface area contributed by atoms with Gasteiger partial charge in [-0.05, 0) is 32.1 Å². The Morgan fingerprint density at radius 3 is 2.54 bits per heavy atom. The van der Waals surface area contributed by atoms with E-state index in [0.717, 1.165) is 16.3 Å². The molecule has 2 amide bonds. The molecule has 7 heteroatoms. The Hall–Kier alpha value is -3.19. The summed E-state index contributed by atoms with van der Waals surface area (Å²) in [4.78, 5) is 29.0. The van der Waals surface area contributed by atoms with Crippen LogP contribution in [0.1, 0.15) is 26.9 Å². The third kappa shape index (κ3) is 4.25. The maximum atomic E-state index is 12.3. The summed E-state index contributed by atoms with van der Waals surface area (Å²) < 4.78 is 5.33. The molecule has 0 aliphatic rings. The molecule has 3 rings (SSSR count). The number of carbonyl (C=O) groups excluding carboxylic acids is 2. The molecule has 2 heterocycles. The van der Waals surface area contributed by atoms with E-state index >= 15 is 0 Å². The minimum absolute atomic E-state index is 0.405. The highest BCUT2D eigenvalue weighted by Crippen LogP contribution is 2.27. The predicted octanol–water partition coefficient (Wildman–Crippen LogP) is 3.49. The normalized spacial score (nSPS) is 10.8. The summed E-state index contributed by atoms with van der Waals surface area (Å²) in [6.45, 7) is 3.58. The summed E-state index contributed by atoms with van der Waals surface area (Å²) in [6, 6.07) is 13.2. The Morgan fingerprint density at radius 1 is 1.08 bits per heavy atom. The summed E-state index contributed by atoms with van der Waals surface area (Å²) in [5.74, 6) is 0.457. The third-order valence-electron chi connectivity index (χ3n) is 3.48. The minimum Gasteiger partial charge on any atom is -0.462 e. The number of carbonyl (C=O) groups is 2. The number of rotatable bonds is 4. The van der Waals surface area contributed by atoms with Crippen molar-refractivity contribution in [3.63, 3.8) is 0 Å². The van der Waals surface area contributed by atoms with Crippen LogP contribution in [0.25, 0.3) is 16.6 Å². The van der Waals surface area contributed by atoms with E-state index < -0.39 is 11.8 Å². The zero-order chi connectivity index (χ0) is 18.5. The molecule has 26 heavy (non-hydrogen) atoms. The van der Waals surface area contributed by atoms with Crippen LogP contribution in [0.3, 0.4) is 0 Å². The molecule has 0 bridgehead atoms. The predicted molar refractivity (Wildman–Crippen MR) is 100 cm³/mol. The molecular weight excluding hydrogens is 350 g/mol. The Balaban J connectivity index is 1.61. The highest BCUT2D eigenvalue weighted by atomic mass is 32.1. The van der Waals surface area contributed by atoms with Crippen molar-refractivity contribution >= 4 is 29.2 Å². The van der Waals surface area contributed by atoms with Gasteiger partial charge in [0.05, 0.1) is 5.69 Å². The lowest BCUT2D eigenvalue weighted by Crippen LogP contribution is -2.40. The molecule has 0 atom stereocenters. The number of hydrogen-bond donors (Lipinski definition) is 2. The van der Waals surface area contributed by atoms with Gasteiger partial charge in [-0.1, -0.05) is 30.3 Å². The smallest absolute Gasteiger partial charge is 0.281 e. The van der Waals surface area contributed by atoms with Crippen LogP contribution < -0.4 is 10.9 Å². The topological polar surface area (TPSA) is 84.2 Å². The summed E-state index contributed by atoms with van der Waals surface area (Å²) in [7, 11) is 0. The second kappa shape index (κ2) is 7.79. The zero-order valence-corrected chi connectivity index (χ0v) is 15.1. The van der Waals surface area contributed by atoms with Gasteiger partial charge in [-0.25, -0.2) is 4.98 Å². The molecule has 0 fully saturated rings. The maximum absolute atomic E-state index is 12.3. The number of benzene rings is 1. The van der Waals surface area contributed by atoms with Crippen molar-refractivity contribution in [2.45, 2.75) is 13.8 Å². The molecule has 3 aromatic rings. The van der Waals surface area contributed by atoms with Gasteiger partial charge in [0.25, 0.3) is 11.8 Å². The fourth-order valence-electron chi connectivity index (χ4n) is 2.23.